The zero-order valence-corrected chi connectivity index (χ0v) is 12.5. The van der Waals surface area contributed by atoms with Crippen LogP contribution in [-0.4, -0.2) is 11.3 Å². The van der Waals surface area contributed by atoms with Gasteiger partial charge in [-0.3, -0.25) is 4.79 Å². The lowest BCUT2D eigenvalue weighted by Crippen LogP contribution is -1.98. The number of aromatic nitrogens is 1. The molecule has 3 aromatic rings. The Morgan fingerprint density at radius 1 is 1.22 bits per heavy atom. The lowest BCUT2D eigenvalue weighted by Gasteiger charge is -2.04. The number of rotatable bonds is 5. The first-order valence-corrected chi connectivity index (χ1v) is 7.06. The highest BCUT2D eigenvalue weighted by Crippen LogP contribution is 2.23. The molecular weight excluding hydrogens is 297 g/mol. The van der Waals surface area contributed by atoms with Crippen LogP contribution in [0.1, 0.15) is 21.8 Å². The number of aldehydes is 1. The Morgan fingerprint density at radius 2 is 2.00 bits per heavy atom. The minimum absolute atomic E-state index is 0.221. The van der Waals surface area contributed by atoms with Gasteiger partial charge in [0.05, 0.1) is 0 Å². The van der Waals surface area contributed by atoms with Gasteiger partial charge in [-0.1, -0.05) is 12.1 Å². The molecule has 0 saturated carbocycles. The second-order valence-electron chi connectivity index (χ2n) is 5.01. The SMILES string of the molecule is Cc1oc(-c2ccc(F)cc2)nc1COc1cccc(C=O)c1. The first-order valence-electron chi connectivity index (χ1n) is 7.06. The van der Waals surface area contributed by atoms with Crippen LogP contribution in [0.4, 0.5) is 4.39 Å². The van der Waals surface area contributed by atoms with Crippen LogP contribution in [0.25, 0.3) is 11.5 Å². The van der Waals surface area contributed by atoms with E-state index >= 15 is 0 Å². The summed E-state index contributed by atoms with van der Waals surface area (Å²) in [5.41, 5.74) is 1.90. The normalized spacial score (nSPS) is 10.5. The van der Waals surface area contributed by atoms with E-state index in [4.69, 9.17) is 9.15 Å². The molecule has 0 spiro atoms. The van der Waals surface area contributed by atoms with Gasteiger partial charge in [0.15, 0.2) is 0 Å². The molecule has 0 aliphatic carbocycles. The smallest absolute Gasteiger partial charge is 0.226 e. The van der Waals surface area contributed by atoms with E-state index in [1.165, 1.54) is 12.1 Å². The molecule has 0 saturated heterocycles. The number of benzene rings is 2. The Hall–Kier alpha value is -2.95. The van der Waals surface area contributed by atoms with E-state index in [9.17, 15) is 9.18 Å². The van der Waals surface area contributed by atoms with E-state index in [1.54, 1.807) is 43.3 Å². The van der Waals surface area contributed by atoms with Crippen molar-refractivity contribution in [3.8, 4) is 17.2 Å². The monoisotopic (exact) mass is 311 g/mol. The molecule has 2 aromatic carbocycles. The Kier molecular flexibility index (Phi) is 4.19. The number of nitrogens with zero attached hydrogens (tertiary/aromatic N) is 1. The molecule has 5 heteroatoms. The molecular formula is C18H14FNO3. The molecule has 0 aliphatic rings. The maximum Gasteiger partial charge on any atom is 0.226 e. The van der Waals surface area contributed by atoms with E-state index in [1.807, 2.05) is 0 Å². The quantitative estimate of drug-likeness (QED) is 0.663. The molecule has 0 amide bonds. The predicted octanol–water partition coefficient (Wildman–Crippen LogP) is 4.18. The molecule has 0 radical (unpaired) electrons. The van der Waals surface area contributed by atoms with Crippen LogP contribution >= 0.6 is 0 Å². The van der Waals surface area contributed by atoms with Gasteiger partial charge in [0.1, 0.15) is 35.9 Å². The third-order valence-corrected chi connectivity index (χ3v) is 3.35. The summed E-state index contributed by atoms with van der Waals surface area (Å²) in [6.45, 7) is 2.01. The van der Waals surface area contributed by atoms with E-state index in [2.05, 4.69) is 4.98 Å². The van der Waals surface area contributed by atoms with Crippen LogP contribution in [0.5, 0.6) is 5.75 Å². The number of oxazole rings is 1. The van der Waals surface area contributed by atoms with Gasteiger partial charge in [0, 0.05) is 11.1 Å². The largest absolute Gasteiger partial charge is 0.487 e. The van der Waals surface area contributed by atoms with Gasteiger partial charge in [-0.15, -0.1) is 0 Å². The second-order valence-corrected chi connectivity index (χ2v) is 5.01. The Bertz CT molecular complexity index is 825. The Balaban J connectivity index is 1.76. The average Bonchev–Trinajstić information content (AvgIpc) is 2.95. The highest BCUT2D eigenvalue weighted by atomic mass is 19.1. The fourth-order valence-corrected chi connectivity index (χ4v) is 2.11. The predicted molar refractivity (Wildman–Crippen MR) is 82.8 cm³/mol. The van der Waals surface area contributed by atoms with Crippen molar-refractivity contribution < 1.29 is 18.3 Å². The van der Waals surface area contributed by atoms with Gasteiger partial charge in [0.2, 0.25) is 5.89 Å². The van der Waals surface area contributed by atoms with Crippen molar-refractivity contribution in [2.75, 3.05) is 0 Å². The summed E-state index contributed by atoms with van der Waals surface area (Å²) in [6, 6.07) is 12.8. The highest BCUT2D eigenvalue weighted by Gasteiger charge is 2.12. The van der Waals surface area contributed by atoms with Gasteiger partial charge in [-0.2, -0.15) is 0 Å². The van der Waals surface area contributed by atoms with Gasteiger partial charge >= 0.3 is 0 Å². The number of ether oxygens (including phenoxy) is 1. The summed E-state index contributed by atoms with van der Waals surface area (Å²) in [7, 11) is 0. The number of hydrogen-bond donors (Lipinski definition) is 0. The third kappa shape index (κ3) is 3.45. The molecule has 0 fully saturated rings. The molecule has 1 aromatic heterocycles. The van der Waals surface area contributed by atoms with Crippen LogP contribution in [0.2, 0.25) is 0 Å². The Morgan fingerprint density at radius 3 is 2.74 bits per heavy atom. The van der Waals surface area contributed by atoms with E-state index < -0.39 is 0 Å². The van der Waals surface area contributed by atoms with Crippen LogP contribution in [0, 0.1) is 12.7 Å². The summed E-state index contributed by atoms with van der Waals surface area (Å²) < 4.78 is 24.2. The minimum Gasteiger partial charge on any atom is -0.487 e. The van der Waals surface area contributed by atoms with Crippen LogP contribution in [-0.2, 0) is 6.61 Å². The zero-order chi connectivity index (χ0) is 16.2. The number of carbonyl (C=O) groups is 1. The lowest BCUT2D eigenvalue weighted by atomic mass is 10.2. The number of aryl methyl sites for hydroxylation is 1. The van der Waals surface area contributed by atoms with Gasteiger partial charge in [-0.25, -0.2) is 9.37 Å². The first kappa shape index (κ1) is 15.0. The van der Waals surface area contributed by atoms with Crippen LogP contribution in [0.15, 0.2) is 52.9 Å². The molecule has 4 nitrogen and oxygen atoms in total. The van der Waals surface area contributed by atoms with Crippen molar-refractivity contribution in [3.63, 3.8) is 0 Å². The molecule has 0 N–H and O–H groups in total. The topological polar surface area (TPSA) is 52.3 Å². The van der Waals surface area contributed by atoms with Gasteiger partial charge in [-0.05, 0) is 43.3 Å². The number of carbonyl (C=O) groups excluding carboxylic acids is 1. The second kappa shape index (κ2) is 6.44. The number of hydrogen-bond acceptors (Lipinski definition) is 4. The highest BCUT2D eigenvalue weighted by molar-refractivity contribution is 5.75. The minimum atomic E-state index is -0.310. The van der Waals surface area contributed by atoms with Crippen molar-refractivity contribution in [1.29, 1.82) is 0 Å². The van der Waals surface area contributed by atoms with E-state index in [0.29, 0.717) is 34.2 Å². The summed E-state index contributed by atoms with van der Waals surface area (Å²) in [5, 5.41) is 0. The van der Waals surface area contributed by atoms with Crippen molar-refractivity contribution in [2.45, 2.75) is 13.5 Å². The molecule has 23 heavy (non-hydrogen) atoms. The van der Waals surface area contributed by atoms with E-state index in [0.717, 1.165) is 6.29 Å². The molecule has 0 unspecified atom stereocenters. The third-order valence-electron chi connectivity index (χ3n) is 3.35. The van der Waals surface area contributed by atoms with Crippen molar-refractivity contribution in [1.82, 2.24) is 4.98 Å². The zero-order valence-electron chi connectivity index (χ0n) is 12.5. The summed E-state index contributed by atoms with van der Waals surface area (Å²) in [4.78, 5) is 15.1. The first-order chi connectivity index (χ1) is 11.2. The van der Waals surface area contributed by atoms with Crippen LogP contribution in [0.3, 0.4) is 0 Å². The average molecular weight is 311 g/mol. The van der Waals surface area contributed by atoms with Crippen LogP contribution < -0.4 is 4.74 Å². The lowest BCUT2D eigenvalue weighted by molar-refractivity contribution is 0.112. The standard InChI is InChI=1S/C18H14FNO3/c1-12-17(11-22-16-4-2-3-13(9-16)10-21)20-18(23-12)14-5-7-15(19)8-6-14/h2-10H,11H2,1H3. The molecule has 1 heterocycles. The van der Waals surface area contributed by atoms with Gasteiger partial charge < -0.3 is 9.15 Å². The van der Waals surface area contributed by atoms with E-state index in [-0.39, 0.29) is 12.4 Å². The maximum atomic E-state index is 13.0. The van der Waals surface area contributed by atoms with Gasteiger partial charge in [0.25, 0.3) is 0 Å². The fourth-order valence-electron chi connectivity index (χ4n) is 2.11. The molecule has 116 valence electrons. The molecule has 0 bridgehead atoms. The van der Waals surface area contributed by atoms with Crippen molar-refractivity contribution in [2.24, 2.45) is 0 Å². The fraction of sp³-hybridized carbons (Fsp3) is 0.111. The summed E-state index contributed by atoms with van der Waals surface area (Å²) in [6.07, 6.45) is 0.765. The molecule has 3 rings (SSSR count). The maximum absolute atomic E-state index is 13.0. The number of halogens is 1. The summed E-state index contributed by atoms with van der Waals surface area (Å²) in [5.74, 6) is 1.33. The molecule has 0 aliphatic heterocycles. The van der Waals surface area contributed by atoms with Crippen molar-refractivity contribution in [3.05, 3.63) is 71.4 Å². The Labute approximate surface area is 132 Å². The molecule has 0 atom stereocenters. The summed E-state index contributed by atoms with van der Waals surface area (Å²) >= 11 is 0. The van der Waals surface area contributed by atoms with Crippen molar-refractivity contribution >= 4 is 6.29 Å².